The summed E-state index contributed by atoms with van der Waals surface area (Å²) in [4.78, 5) is 10.9. The fourth-order valence-corrected chi connectivity index (χ4v) is 0.840. The van der Waals surface area contributed by atoms with Crippen molar-refractivity contribution in [1.82, 2.24) is 5.32 Å². The molecule has 0 aliphatic carbocycles. The number of methoxy groups -OCH3 is 1. The first kappa shape index (κ1) is 8.07. The maximum atomic E-state index is 10.9. The molecule has 0 aromatic heterocycles. The van der Waals surface area contributed by atoms with Crippen LogP contribution in [0.5, 0.6) is 0 Å². The monoisotopic (exact) mass is 157 g/mol. The summed E-state index contributed by atoms with van der Waals surface area (Å²) in [7, 11) is 1.57. The molecule has 1 fully saturated rings. The summed E-state index contributed by atoms with van der Waals surface area (Å²) in [6.07, 6.45) is 1.44. The highest BCUT2D eigenvalue weighted by Gasteiger charge is 2.23. The van der Waals surface area contributed by atoms with E-state index >= 15 is 0 Å². The third-order valence-electron chi connectivity index (χ3n) is 1.32. The van der Waals surface area contributed by atoms with Crippen molar-refractivity contribution in [2.24, 2.45) is 0 Å². The average Bonchev–Trinajstić information content (AvgIpc) is 2.26. The summed E-state index contributed by atoms with van der Waals surface area (Å²) >= 11 is 0. The number of ether oxygens (including phenoxy) is 2. The van der Waals surface area contributed by atoms with Gasteiger partial charge in [0, 0.05) is 7.11 Å². The van der Waals surface area contributed by atoms with Crippen molar-refractivity contribution in [2.45, 2.75) is 13.2 Å². The van der Waals surface area contributed by atoms with Crippen LogP contribution in [0.4, 0.5) is 0 Å². The van der Waals surface area contributed by atoms with Gasteiger partial charge >= 0.3 is 5.97 Å². The van der Waals surface area contributed by atoms with E-state index in [1.807, 2.05) is 0 Å². The van der Waals surface area contributed by atoms with E-state index in [1.54, 1.807) is 20.1 Å². The van der Waals surface area contributed by atoms with Gasteiger partial charge < -0.3 is 14.8 Å². The topological polar surface area (TPSA) is 47.6 Å². The smallest absolute Gasteiger partial charge is 0.356 e. The molecule has 1 aliphatic rings. The van der Waals surface area contributed by atoms with E-state index in [0.29, 0.717) is 12.3 Å². The van der Waals surface area contributed by atoms with E-state index in [1.165, 1.54) is 0 Å². The van der Waals surface area contributed by atoms with E-state index in [-0.39, 0.29) is 12.2 Å². The molecule has 1 rings (SSSR count). The maximum absolute atomic E-state index is 10.9. The van der Waals surface area contributed by atoms with Gasteiger partial charge in [-0.2, -0.15) is 0 Å². The number of cyclic esters (lactones) is 1. The Morgan fingerprint density at radius 2 is 2.55 bits per heavy atom. The first-order valence-corrected chi connectivity index (χ1v) is 3.40. The standard InChI is InChI=1S/C7H11NO3/c1-5-8-6(3-4-10-2)7(9)11-5/h3,5,8H,4H2,1-2H3/b6-3+. The summed E-state index contributed by atoms with van der Waals surface area (Å²) in [5.74, 6) is -0.311. The number of carbonyl (C=O) groups is 1. The van der Waals surface area contributed by atoms with Crippen molar-refractivity contribution in [2.75, 3.05) is 13.7 Å². The molecule has 1 N–H and O–H groups in total. The van der Waals surface area contributed by atoms with Gasteiger partial charge in [-0.05, 0) is 13.0 Å². The van der Waals surface area contributed by atoms with E-state index < -0.39 is 0 Å². The molecule has 1 saturated heterocycles. The number of hydrogen-bond donors (Lipinski definition) is 1. The highest BCUT2D eigenvalue weighted by molar-refractivity contribution is 5.89. The number of esters is 1. The summed E-state index contributed by atoms with van der Waals surface area (Å²) in [6, 6.07) is 0. The van der Waals surface area contributed by atoms with Gasteiger partial charge in [-0.1, -0.05) is 0 Å². The summed E-state index contributed by atoms with van der Waals surface area (Å²) in [5, 5.41) is 2.85. The molecule has 0 amide bonds. The summed E-state index contributed by atoms with van der Waals surface area (Å²) < 4.78 is 9.56. The number of rotatable bonds is 2. The minimum absolute atomic E-state index is 0.217. The van der Waals surface area contributed by atoms with Crippen molar-refractivity contribution in [3.63, 3.8) is 0 Å². The second-order valence-corrected chi connectivity index (χ2v) is 2.27. The van der Waals surface area contributed by atoms with Gasteiger partial charge in [-0.3, -0.25) is 0 Å². The van der Waals surface area contributed by atoms with Gasteiger partial charge in [-0.15, -0.1) is 0 Å². The summed E-state index contributed by atoms with van der Waals surface area (Å²) in [5.41, 5.74) is 0.486. The quantitative estimate of drug-likeness (QED) is 0.453. The van der Waals surface area contributed by atoms with Crippen LogP contribution in [0, 0.1) is 0 Å². The Balaban J connectivity index is 2.52. The molecule has 4 heteroatoms. The third kappa shape index (κ3) is 1.94. The minimum Gasteiger partial charge on any atom is -0.437 e. The first-order chi connectivity index (χ1) is 5.24. The van der Waals surface area contributed by atoms with Crippen LogP contribution in [-0.2, 0) is 14.3 Å². The second kappa shape index (κ2) is 3.39. The SMILES string of the molecule is COC/C=C1/NC(C)OC1=O. The molecule has 0 bridgehead atoms. The van der Waals surface area contributed by atoms with Gasteiger partial charge in [0.15, 0.2) is 6.23 Å². The Hall–Kier alpha value is -1.03. The molecular weight excluding hydrogens is 146 g/mol. The van der Waals surface area contributed by atoms with E-state index in [4.69, 9.17) is 9.47 Å². The molecule has 62 valence electrons. The second-order valence-electron chi connectivity index (χ2n) is 2.27. The van der Waals surface area contributed by atoms with Crippen LogP contribution in [0.3, 0.4) is 0 Å². The third-order valence-corrected chi connectivity index (χ3v) is 1.32. The largest absolute Gasteiger partial charge is 0.437 e. The first-order valence-electron chi connectivity index (χ1n) is 3.40. The molecule has 0 saturated carbocycles. The Labute approximate surface area is 65.2 Å². The molecule has 11 heavy (non-hydrogen) atoms. The van der Waals surface area contributed by atoms with Gasteiger partial charge in [0.2, 0.25) is 0 Å². The molecule has 1 atom stereocenters. The highest BCUT2D eigenvalue weighted by Crippen LogP contribution is 2.06. The van der Waals surface area contributed by atoms with Crippen molar-refractivity contribution in [3.8, 4) is 0 Å². The molecule has 0 aromatic carbocycles. The van der Waals surface area contributed by atoms with Gasteiger partial charge in [-0.25, -0.2) is 4.79 Å². The van der Waals surface area contributed by atoms with Crippen LogP contribution >= 0.6 is 0 Å². The van der Waals surface area contributed by atoms with Crippen LogP contribution < -0.4 is 5.32 Å². The van der Waals surface area contributed by atoms with Gasteiger partial charge in [0.05, 0.1) is 6.61 Å². The normalized spacial score (nSPS) is 26.9. The Kier molecular flexibility index (Phi) is 2.48. The molecular formula is C7H11NO3. The lowest BCUT2D eigenvalue weighted by Crippen LogP contribution is -2.16. The number of hydrogen-bond acceptors (Lipinski definition) is 4. The number of carbonyl (C=O) groups excluding carboxylic acids is 1. The van der Waals surface area contributed by atoms with Crippen molar-refractivity contribution < 1.29 is 14.3 Å². The van der Waals surface area contributed by atoms with Crippen LogP contribution in [0.1, 0.15) is 6.92 Å². The Morgan fingerprint density at radius 1 is 1.82 bits per heavy atom. The van der Waals surface area contributed by atoms with Crippen LogP contribution in [-0.4, -0.2) is 25.9 Å². The Bertz CT molecular complexity index is 188. The van der Waals surface area contributed by atoms with Crippen LogP contribution in [0.15, 0.2) is 11.8 Å². The number of nitrogens with one attached hydrogen (secondary N) is 1. The maximum Gasteiger partial charge on any atom is 0.356 e. The Morgan fingerprint density at radius 3 is 3.00 bits per heavy atom. The zero-order valence-electron chi connectivity index (χ0n) is 6.59. The van der Waals surface area contributed by atoms with Crippen LogP contribution in [0.2, 0.25) is 0 Å². The minimum atomic E-state index is -0.311. The lowest BCUT2D eigenvalue weighted by atomic mass is 10.4. The van der Waals surface area contributed by atoms with Crippen LogP contribution in [0.25, 0.3) is 0 Å². The van der Waals surface area contributed by atoms with Crippen molar-refractivity contribution in [3.05, 3.63) is 11.8 Å². The molecule has 0 aromatic rings. The van der Waals surface area contributed by atoms with E-state index in [0.717, 1.165) is 0 Å². The average molecular weight is 157 g/mol. The molecule has 1 heterocycles. The zero-order chi connectivity index (χ0) is 8.27. The fourth-order valence-electron chi connectivity index (χ4n) is 0.840. The zero-order valence-corrected chi connectivity index (χ0v) is 6.59. The lowest BCUT2D eigenvalue weighted by molar-refractivity contribution is -0.138. The molecule has 1 aliphatic heterocycles. The molecule has 0 spiro atoms. The predicted octanol–water partition coefficient (Wildman–Crippen LogP) is 0.00910. The van der Waals surface area contributed by atoms with E-state index in [9.17, 15) is 4.79 Å². The lowest BCUT2D eigenvalue weighted by Gasteiger charge is -1.98. The molecule has 4 nitrogen and oxygen atoms in total. The highest BCUT2D eigenvalue weighted by atomic mass is 16.6. The van der Waals surface area contributed by atoms with Crippen molar-refractivity contribution in [1.29, 1.82) is 0 Å². The fraction of sp³-hybridized carbons (Fsp3) is 0.571. The summed E-state index contributed by atoms with van der Waals surface area (Å²) in [6.45, 7) is 2.19. The molecule has 0 radical (unpaired) electrons. The molecule has 1 unspecified atom stereocenters. The van der Waals surface area contributed by atoms with Gasteiger partial charge in [0.25, 0.3) is 0 Å². The van der Waals surface area contributed by atoms with Crippen molar-refractivity contribution >= 4 is 5.97 Å². The van der Waals surface area contributed by atoms with E-state index in [2.05, 4.69) is 5.32 Å². The predicted molar refractivity (Wildman–Crippen MR) is 38.6 cm³/mol. The van der Waals surface area contributed by atoms with Gasteiger partial charge in [0.1, 0.15) is 5.70 Å².